The molecule has 0 amide bonds. The molecule has 2 atom stereocenters. The Morgan fingerprint density at radius 2 is 2.08 bits per heavy atom. The Morgan fingerprint density at radius 1 is 1.33 bits per heavy atom. The molecule has 0 aromatic heterocycles. The molecule has 1 fully saturated rings. The average molecular weight is 166 g/mol. The molecule has 0 aromatic rings. The van der Waals surface area contributed by atoms with E-state index in [-0.39, 0.29) is 0 Å². The fourth-order valence-corrected chi connectivity index (χ4v) is 2.35. The number of allylic oxidation sites excluding steroid dienone is 1. The highest BCUT2D eigenvalue weighted by molar-refractivity contribution is 4.74. The first-order valence-electron chi connectivity index (χ1n) is 5.45. The molecule has 0 radical (unpaired) electrons. The van der Waals surface area contributed by atoms with E-state index < -0.39 is 0 Å². The van der Waals surface area contributed by atoms with E-state index in [0.717, 1.165) is 11.8 Å². The summed E-state index contributed by atoms with van der Waals surface area (Å²) < 4.78 is 0. The molecule has 0 aliphatic heterocycles. The van der Waals surface area contributed by atoms with Crippen molar-refractivity contribution in [1.29, 1.82) is 0 Å². The van der Waals surface area contributed by atoms with Gasteiger partial charge in [0.15, 0.2) is 0 Å². The quantitative estimate of drug-likeness (QED) is 0.434. The molecule has 0 heterocycles. The number of rotatable bonds is 4. The highest BCUT2D eigenvalue weighted by Crippen LogP contribution is 2.32. The first-order chi connectivity index (χ1) is 5.84. The standard InChI is InChI=1S/C12H22/c1-3-4-5-9-12-10-7-6-8-11(12)2/h3,11-12H,1,4-10H2,2H3. The van der Waals surface area contributed by atoms with Gasteiger partial charge in [0.2, 0.25) is 0 Å². The van der Waals surface area contributed by atoms with Gasteiger partial charge in [0.1, 0.15) is 0 Å². The van der Waals surface area contributed by atoms with Crippen LogP contribution in [0, 0.1) is 11.8 Å². The van der Waals surface area contributed by atoms with Crippen LogP contribution in [-0.4, -0.2) is 0 Å². The zero-order valence-corrected chi connectivity index (χ0v) is 8.39. The Bertz CT molecular complexity index is 126. The molecule has 0 bridgehead atoms. The van der Waals surface area contributed by atoms with Crippen LogP contribution in [0.25, 0.3) is 0 Å². The number of hydrogen-bond donors (Lipinski definition) is 0. The Labute approximate surface area is 77.1 Å². The van der Waals surface area contributed by atoms with E-state index in [9.17, 15) is 0 Å². The Morgan fingerprint density at radius 3 is 2.75 bits per heavy atom. The molecule has 2 unspecified atom stereocenters. The van der Waals surface area contributed by atoms with E-state index >= 15 is 0 Å². The van der Waals surface area contributed by atoms with Gasteiger partial charge in [-0.3, -0.25) is 0 Å². The molecule has 1 rings (SSSR count). The minimum absolute atomic E-state index is 0.989. The van der Waals surface area contributed by atoms with E-state index in [1.54, 1.807) is 0 Å². The van der Waals surface area contributed by atoms with Crippen molar-refractivity contribution in [2.24, 2.45) is 11.8 Å². The Kier molecular flexibility index (Phi) is 4.42. The van der Waals surface area contributed by atoms with Gasteiger partial charge in [-0.15, -0.1) is 6.58 Å². The van der Waals surface area contributed by atoms with Crippen molar-refractivity contribution in [2.45, 2.75) is 51.9 Å². The molecule has 12 heavy (non-hydrogen) atoms. The zero-order chi connectivity index (χ0) is 8.81. The molecule has 0 heteroatoms. The lowest BCUT2D eigenvalue weighted by molar-refractivity contribution is 0.238. The van der Waals surface area contributed by atoms with Gasteiger partial charge in [0.05, 0.1) is 0 Å². The SMILES string of the molecule is C=CCCCC1CCCCC1C. The van der Waals surface area contributed by atoms with Crippen LogP contribution in [0.3, 0.4) is 0 Å². The predicted molar refractivity (Wildman–Crippen MR) is 55.2 cm³/mol. The van der Waals surface area contributed by atoms with Crippen molar-refractivity contribution in [3.8, 4) is 0 Å². The molecule has 70 valence electrons. The molecule has 0 nitrogen and oxygen atoms in total. The minimum Gasteiger partial charge on any atom is -0.103 e. The van der Waals surface area contributed by atoms with E-state index in [4.69, 9.17) is 0 Å². The molecule has 1 aliphatic carbocycles. The predicted octanol–water partition coefficient (Wildman–Crippen LogP) is 4.17. The second kappa shape index (κ2) is 5.40. The smallest absolute Gasteiger partial charge is 0.0353 e. The summed E-state index contributed by atoms with van der Waals surface area (Å²) in [4.78, 5) is 0. The highest BCUT2D eigenvalue weighted by atomic mass is 14.3. The molecule has 0 aromatic carbocycles. The fourth-order valence-electron chi connectivity index (χ4n) is 2.35. The first kappa shape index (κ1) is 9.83. The molecule has 0 spiro atoms. The maximum Gasteiger partial charge on any atom is -0.0353 e. The Hall–Kier alpha value is -0.260. The molecule has 0 N–H and O–H groups in total. The van der Waals surface area contributed by atoms with Gasteiger partial charge < -0.3 is 0 Å². The third-order valence-corrected chi connectivity index (χ3v) is 3.27. The summed E-state index contributed by atoms with van der Waals surface area (Å²) >= 11 is 0. The van der Waals surface area contributed by atoms with Crippen molar-refractivity contribution >= 4 is 0 Å². The maximum absolute atomic E-state index is 3.76. The second-order valence-corrected chi connectivity index (χ2v) is 4.24. The average Bonchev–Trinajstić information content (AvgIpc) is 2.09. The molecular formula is C12H22. The summed E-state index contributed by atoms with van der Waals surface area (Å²) in [5, 5.41) is 0. The first-order valence-corrected chi connectivity index (χ1v) is 5.45. The number of unbranched alkanes of at least 4 members (excludes halogenated alkanes) is 1. The molecule has 1 aliphatic rings. The fraction of sp³-hybridized carbons (Fsp3) is 0.833. The monoisotopic (exact) mass is 166 g/mol. The summed E-state index contributed by atoms with van der Waals surface area (Å²) in [6.07, 6.45) is 12.0. The third kappa shape index (κ3) is 3.00. The normalized spacial score (nSPS) is 30.1. The zero-order valence-electron chi connectivity index (χ0n) is 8.39. The summed E-state index contributed by atoms with van der Waals surface area (Å²) in [6.45, 7) is 6.19. The highest BCUT2D eigenvalue weighted by Gasteiger charge is 2.19. The van der Waals surface area contributed by atoms with Gasteiger partial charge in [0.25, 0.3) is 0 Å². The summed E-state index contributed by atoms with van der Waals surface area (Å²) in [5.74, 6) is 2.02. The summed E-state index contributed by atoms with van der Waals surface area (Å²) in [5.41, 5.74) is 0. The van der Waals surface area contributed by atoms with Crippen molar-refractivity contribution in [1.82, 2.24) is 0 Å². The van der Waals surface area contributed by atoms with Crippen molar-refractivity contribution in [3.63, 3.8) is 0 Å². The Balaban J connectivity index is 2.15. The maximum atomic E-state index is 3.76. The van der Waals surface area contributed by atoms with Gasteiger partial charge in [-0.2, -0.15) is 0 Å². The topological polar surface area (TPSA) is 0 Å². The van der Waals surface area contributed by atoms with Crippen LogP contribution in [-0.2, 0) is 0 Å². The molecule has 0 saturated heterocycles. The van der Waals surface area contributed by atoms with E-state index in [1.165, 1.54) is 44.9 Å². The molecular weight excluding hydrogens is 144 g/mol. The third-order valence-electron chi connectivity index (χ3n) is 3.27. The van der Waals surface area contributed by atoms with Crippen molar-refractivity contribution < 1.29 is 0 Å². The van der Waals surface area contributed by atoms with E-state index in [2.05, 4.69) is 13.5 Å². The summed E-state index contributed by atoms with van der Waals surface area (Å²) in [6, 6.07) is 0. The van der Waals surface area contributed by atoms with Gasteiger partial charge in [-0.1, -0.05) is 38.7 Å². The van der Waals surface area contributed by atoms with Gasteiger partial charge in [0, 0.05) is 0 Å². The molecule has 1 saturated carbocycles. The van der Waals surface area contributed by atoms with Gasteiger partial charge >= 0.3 is 0 Å². The van der Waals surface area contributed by atoms with E-state index in [1.807, 2.05) is 6.08 Å². The van der Waals surface area contributed by atoms with Crippen LogP contribution in [0.2, 0.25) is 0 Å². The van der Waals surface area contributed by atoms with Gasteiger partial charge in [-0.25, -0.2) is 0 Å². The van der Waals surface area contributed by atoms with Crippen molar-refractivity contribution in [3.05, 3.63) is 12.7 Å². The number of hydrogen-bond acceptors (Lipinski definition) is 0. The lowest BCUT2D eigenvalue weighted by Gasteiger charge is -2.28. The van der Waals surface area contributed by atoms with Crippen LogP contribution in [0.4, 0.5) is 0 Å². The van der Waals surface area contributed by atoms with Crippen molar-refractivity contribution in [2.75, 3.05) is 0 Å². The van der Waals surface area contributed by atoms with Crippen LogP contribution in [0.1, 0.15) is 51.9 Å². The minimum atomic E-state index is 0.989. The van der Waals surface area contributed by atoms with Crippen LogP contribution < -0.4 is 0 Å². The largest absolute Gasteiger partial charge is 0.103 e. The van der Waals surface area contributed by atoms with E-state index in [0.29, 0.717) is 0 Å². The summed E-state index contributed by atoms with van der Waals surface area (Å²) in [7, 11) is 0. The lowest BCUT2D eigenvalue weighted by Crippen LogP contribution is -2.16. The van der Waals surface area contributed by atoms with Crippen LogP contribution >= 0.6 is 0 Å². The van der Waals surface area contributed by atoms with Gasteiger partial charge in [-0.05, 0) is 31.1 Å². The van der Waals surface area contributed by atoms with Crippen LogP contribution in [0.5, 0.6) is 0 Å². The second-order valence-electron chi connectivity index (χ2n) is 4.24. The lowest BCUT2D eigenvalue weighted by atomic mass is 9.78. The van der Waals surface area contributed by atoms with Crippen LogP contribution in [0.15, 0.2) is 12.7 Å².